The Kier molecular flexibility index (Phi) is 7.07. The summed E-state index contributed by atoms with van der Waals surface area (Å²) in [6.07, 6.45) is 2.32. The Morgan fingerprint density at radius 3 is 2.86 bits per heavy atom. The molecule has 3 aromatic rings. The van der Waals surface area contributed by atoms with Gasteiger partial charge < -0.3 is 15.2 Å². The summed E-state index contributed by atoms with van der Waals surface area (Å²) in [6.45, 7) is 8.31. The fourth-order valence-electron chi connectivity index (χ4n) is 2.39. The number of pyridine rings is 1. The molecule has 0 bridgehead atoms. The quantitative estimate of drug-likeness (QED) is 0.443. The maximum atomic E-state index is 5.28. The van der Waals surface area contributed by atoms with Crippen molar-refractivity contribution in [2.75, 3.05) is 13.1 Å². The van der Waals surface area contributed by atoms with Crippen molar-refractivity contribution in [3.05, 3.63) is 46.3 Å². The monoisotopic (exact) mass is 399 g/mol. The van der Waals surface area contributed by atoms with E-state index in [1.807, 2.05) is 25.1 Å². The van der Waals surface area contributed by atoms with Gasteiger partial charge in [-0.2, -0.15) is 4.98 Å². The van der Waals surface area contributed by atoms with Crippen LogP contribution < -0.4 is 10.6 Å². The molecule has 3 rings (SSSR count). The average Bonchev–Trinajstić information content (AvgIpc) is 3.37. The van der Waals surface area contributed by atoms with Crippen LogP contribution >= 0.6 is 11.3 Å². The van der Waals surface area contributed by atoms with Gasteiger partial charge in [0.1, 0.15) is 10.7 Å². The molecule has 0 atom stereocenters. The van der Waals surface area contributed by atoms with Crippen LogP contribution in [0.2, 0.25) is 0 Å². The molecule has 0 aliphatic carbocycles. The van der Waals surface area contributed by atoms with Gasteiger partial charge in [-0.05, 0) is 25.0 Å². The Morgan fingerprint density at radius 2 is 2.14 bits per heavy atom. The number of hydrogen-bond donors (Lipinski definition) is 2. The maximum Gasteiger partial charge on any atom is 0.276 e. The Labute approximate surface area is 168 Å². The third-order valence-corrected chi connectivity index (χ3v) is 4.72. The minimum Gasteiger partial charge on any atom is -0.357 e. The highest BCUT2D eigenvalue weighted by Gasteiger charge is 2.10. The molecular weight excluding hydrogens is 374 g/mol. The largest absolute Gasteiger partial charge is 0.357 e. The van der Waals surface area contributed by atoms with Gasteiger partial charge in [0.25, 0.3) is 5.89 Å². The van der Waals surface area contributed by atoms with Crippen molar-refractivity contribution in [1.82, 2.24) is 30.7 Å². The van der Waals surface area contributed by atoms with Crippen molar-refractivity contribution < 1.29 is 4.52 Å². The van der Waals surface area contributed by atoms with E-state index in [2.05, 4.69) is 55.0 Å². The third-order valence-electron chi connectivity index (χ3n) is 3.87. The van der Waals surface area contributed by atoms with Crippen molar-refractivity contribution in [1.29, 1.82) is 0 Å². The van der Waals surface area contributed by atoms with Gasteiger partial charge in [0.15, 0.2) is 11.8 Å². The number of thiazole rings is 1. The summed E-state index contributed by atoms with van der Waals surface area (Å²) < 4.78 is 5.28. The highest BCUT2D eigenvalue weighted by atomic mass is 32.1. The van der Waals surface area contributed by atoms with Gasteiger partial charge in [0.05, 0.1) is 12.2 Å². The van der Waals surface area contributed by atoms with Crippen LogP contribution in [0.5, 0.6) is 0 Å². The summed E-state index contributed by atoms with van der Waals surface area (Å²) in [5.74, 6) is 2.25. The first kappa shape index (κ1) is 19.9. The van der Waals surface area contributed by atoms with Crippen LogP contribution in [-0.4, -0.2) is 39.2 Å². The minimum absolute atomic E-state index is 0.431. The topological polar surface area (TPSA) is 101 Å². The van der Waals surface area contributed by atoms with Crippen LogP contribution in [-0.2, 0) is 13.0 Å². The number of nitrogens with one attached hydrogen (secondary N) is 2. The van der Waals surface area contributed by atoms with Crippen LogP contribution in [0.3, 0.4) is 0 Å². The predicted molar refractivity (Wildman–Crippen MR) is 110 cm³/mol. The summed E-state index contributed by atoms with van der Waals surface area (Å²) in [5, 5.41) is 13.7. The number of nitrogens with zero attached hydrogens (tertiary/aromatic N) is 5. The molecule has 28 heavy (non-hydrogen) atoms. The molecule has 0 saturated heterocycles. The van der Waals surface area contributed by atoms with Gasteiger partial charge in [0, 0.05) is 31.1 Å². The van der Waals surface area contributed by atoms with Gasteiger partial charge in [-0.3, -0.25) is 4.98 Å². The number of rotatable bonds is 8. The van der Waals surface area contributed by atoms with E-state index in [-0.39, 0.29) is 0 Å². The smallest absolute Gasteiger partial charge is 0.276 e. The van der Waals surface area contributed by atoms with Gasteiger partial charge in [-0.1, -0.05) is 25.1 Å². The first-order valence-corrected chi connectivity index (χ1v) is 10.2. The fourth-order valence-corrected chi connectivity index (χ4v) is 3.27. The zero-order chi connectivity index (χ0) is 19.8. The van der Waals surface area contributed by atoms with E-state index in [1.54, 1.807) is 17.5 Å². The zero-order valence-corrected chi connectivity index (χ0v) is 17.2. The molecule has 0 unspecified atom stereocenters. The molecule has 9 heteroatoms. The lowest BCUT2D eigenvalue weighted by molar-refractivity contribution is 0.421. The standard InChI is InChI=1S/C19H25N7OS/c1-4-20-19(23-11-17-24-15(12-28-17)13(2)3)22-10-8-16-25-18(27-26-16)14-7-5-6-9-21-14/h5-7,9,12-13H,4,8,10-11H2,1-3H3,(H2,20,22,23). The highest BCUT2D eigenvalue weighted by molar-refractivity contribution is 7.09. The molecule has 2 N–H and O–H groups in total. The van der Waals surface area contributed by atoms with E-state index in [9.17, 15) is 0 Å². The van der Waals surface area contributed by atoms with Crippen molar-refractivity contribution in [3.63, 3.8) is 0 Å². The molecule has 0 spiro atoms. The number of hydrogen-bond acceptors (Lipinski definition) is 7. The lowest BCUT2D eigenvalue weighted by Crippen LogP contribution is -2.38. The third kappa shape index (κ3) is 5.59. The minimum atomic E-state index is 0.431. The Balaban J connectivity index is 1.52. The molecule has 8 nitrogen and oxygen atoms in total. The molecule has 0 amide bonds. The summed E-state index contributed by atoms with van der Waals surface area (Å²) in [6, 6.07) is 5.58. The van der Waals surface area contributed by atoms with Crippen LogP contribution in [0.4, 0.5) is 0 Å². The molecule has 0 aliphatic heterocycles. The lowest BCUT2D eigenvalue weighted by Gasteiger charge is -2.09. The molecule has 3 aromatic heterocycles. The normalized spacial score (nSPS) is 11.8. The second-order valence-electron chi connectivity index (χ2n) is 6.42. The van der Waals surface area contributed by atoms with E-state index in [0.29, 0.717) is 42.8 Å². The molecule has 0 radical (unpaired) electrons. The first-order chi connectivity index (χ1) is 13.7. The molecular formula is C19H25N7OS. The van der Waals surface area contributed by atoms with Gasteiger partial charge >= 0.3 is 0 Å². The first-order valence-electron chi connectivity index (χ1n) is 9.36. The summed E-state index contributed by atoms with van der Waals surface area (Å²) in [7, 11) is 0. The van der Waals surface area contributed by atoms with Crippen LogP contribution in [0.25, 0.3) is 11.6 Å². The second-order valence-corrected chi connectivity index (χ2v) is 7.37. The van der Waals surface area contributed by atoms with Crippen LogP contribution in [0.15, 0.2) is 39.3 Å². The highest BCUT2D eigenvalue weighted by Crippen LogP contribution is 2.18. The number of guanidine groups is 1. The molecule has 3 heterocycles. The number of aliphatic imine (C=N–C) groups is 1. The van der Waals surface area contributed by atoms with E-state index >= 15 is 0 Å². The molecule has 0 fully saturated rings. The average molecular weight is 400 g/mol. The molecule has 0 aromatic carbocycles. The summed E-state index contributed by atoms with van der Waals surface area (Å²) in [4.78, 5) is 17.8. The van der Waals surface area contributed by atoms with Crippen LogP contribution in [0.1, 0.15) is 43.2 Å². The second kappa shape index (κ2) is 9.93. The van der Waals surface area contributed by atoms with Gasteiger partial charge in [-0.25, -0.2) is 9.98 Å². The van der Waals surface area contributed by atoms with Crippen molar-refractivity contribution >= 4 is 17.3 Å². The molecule has 0 saturated carbocycles. The Morgan fingerprint density at radius 1 is 1.25 bits per heavy atom. The Hall–Kier alpha value is -2.81. The Bertz CT molecular complexity index is 889. The zero-order valence-electron chi connectivity index (χ0n) is 16.3. The van der Waals surface area contributed by atoms with Gasteiger partial charge in [-0.15, -0.1) is 11.3 Å². The summed E-state index contributed by atoms with van der Waals surface area (Å²) >= 11 is 1.65. The SMILES string of the molecule is CCNC(=NCc1nc(C(C)C)cs1)NCCc1noc(-c2ccccn2)n1. The molecule has 148 valence electrons. The van der Waals surface area contributed by atoms with E-state index in [1.165, 1.54) is 0 Å². The van der Waals surface area contributed by atoms with Crippen molar-refractivity contribution in [2.45, 2.75) is 39.7 Å². The fraction of sp³-hybridized carbons (Fsp3) is 0.421. The lowest BCUT2D eigenvalue weighted by atomic mass is 10.2. The molecule has 0 aliphatic rings. The van der Waals surface area contributed by atoms with Crippen LogP contribution in [0, 0.1) is 0 Å². The van der Waals surface area contributed by atoms with E-state index in [0.717, 1.165) is 23.2 Å². The number of aromatic nitrogens is 4. The predicted octanol–water partition coefficient (Wildman–Crippen LogP) is 3.01. The summed E-state index contributed by atoms with van der Waals surface area (Å²) in [5.41, 5.74) is 1.79. The van der Waals surface area contributed by atoms with Crippen molar-refractivity contribution in [2.24, 2.45) is 4.99 Å². The maximum absolute atomic E-state index is 5.28. The van der Waals surface area contributed by atoms with E-state index in [4.69, 9.17) is 4.52 Å². The van der Waals surface area contributed by atoms with Gasteiger partial charge in [0.2, 0.25) is 0 Å². The van der Waals surface area contributed by atoms with E-state index < -0.39 is 0 Å². The van der Waals surface area contributed by atoms with Crippen molar-refractivity contribution in [3.8, 4) is 11.6 Å².